The molecule has 3 aromatic rings. The quantitative estimate of drug-likeness (QED) is 0.783. The van der Waals surface area contributed by atoms with Gasteiger partial charge in [0.05, 0.1) is 6.20 Å². The predicted molar refractivity (Wildman–Crippen MR) is 84.7 cm³/mol. The fraction of sp³-hybridized carbons (Fsp3) is 0.250. The molecule has 0 unspecified atom stereocenters. The van der Waals surface area contributed by atoms with E-state index in [0.29, 0.717) is 17.3 Å². The molecule has 0 atom stereocenters. The summed E-state index contributed by atoms with van der Waals surface area (Å²) in [6.07, 6.45) is 3.04. The number of benzene rings is 1. The Morgan fingerprint density at radius 2 is 2.09 bits per heavy atom. The lowest BCUT2D eigenvalue weighted by atomic mass is 10.1. The summed E-state index contributed by atoms with van der Waals surface area (Å²) in [5.74, 6) is 1.18. The fourth-order valence-electron chi connectivity index (χ4n) is 2.19. The highest BCUT2D eigenvalue weighted by atomic mass is 16.5. The van der Waals surface area contributed by atoms with Gasteiger partial charge >= 0.3 is 0 Å². The fourth-order valence-corrected chi connectivity index (χ4v) is 2.19. The van der Waals surface area contributed by atoms with E-state index in [1.807, 2.05) is 44.2 Å². The summed E-state index contributed by atoms with van der Waals surface area (Å²) in [7, 11) is 0. The van der Waals surface area contributed by atoms with E-state index in [2.05, 4.69) is 20.6 Å². The van der Waals surface area contributed by atoms with Crippen molar-refractivity contribution in [2.75, 3.05) is 5.32 Å². The minimum atomic E-state index is -0.209. The second kappa shape index (κ2) is 6.43. The molecule has 3 rings (SSSR count). The van der Waals surface area contributed by atoms with Gasteiger partial charge in [-0.1, -0.05) is 49.3 Å². The Balaban J connectivity index is 1.67. The van der Waals surface area contributed by atoms with Gasteiger partial charge in [-0.2, -0.15) is 5.10 Å². The molecule has 1 N–H and O–H groups in total. The van der Waals surface area contributed by atoms with E-state index in [4.69, 9.17) is 4.52 Å². The number of rotatable bonds is 5. The third kappa shape index (κ3) is 3.45. The van der Waals surface area contributed by atoms with Gasteiger partial charge in [0.25, 0.3) is 0 Å². The molecule has 0 aliphatic rings. The number of hydrogen-bond donors (Lipinski definition) is 1. The molecule has 2 aromatic heterocycles. The first kappa shape index (κ1) is 15.0. The van der Waals surface area contributed by atoms with Crippen molar-refractivity contribution in [3.63, 3.8) is 0 Å². The zero-order valence-electron chi connectivity index (χ0n) is 12.9. The smallest absolute Gasteiger partial charge is 0.246 e. The van der Waals surface area contributed by atoms with E-state index in [0.717, 1.165) is 5.56 Å². The van der Waals surface area contributed by atoms with Crippen LogP contribution in [0.1, 0.15) is 25.5 Å². The third-order valence-corrected chi connectivity index (χ3v) is 3.27. The average molecular weight is 311 g/mol. The number of carbonyl (C=O) groups is 1. The summed E-state index contributed by atoms with van der Waals surface area (Å²) >= 11 is 0. The van der Waals surface area contributed by atoms with Gasteiger partial charge in [-0.05, 0) is 0 Å². The van der Waals surface area contributed by atoms with E-state index in [1.54, 1.807) is 6.33 Å². The van der Waals surface area contributed by atoms with E-state index in [1.165, 1.54) is 10.9 Å². The number of amides is 1. The Kier molecular flexibility index (Phi) is 4.18. The van der Waals surface area contributed by atoms with Gasteiger partial charge in [-0.15, -0.1) is 0 Å². The van der Waals surface area contributed by atoms with Crippen LogP contribution in [0.15, 0.2) is 47.4 Å². The first-order valence-corrected chi connectivity index (χ1v) is 7.33. The lowest BCUT2D eigenvalue weighted by molar-refractivity contribution is -0.116. The monoisotopic (exact) mass is 311 g/mol. The molecular weight excluding hydrogens is 294 g/mol. The molecule has 0 aliphatic heterocycles. The minimum Gasteiger partial charge on any atom is -0.359 e. The number of hydrogen-bond acceptors (Lipinski definition) is 5. The van der Waals surface area contributed by atoms with E-state index >= 15 is 0 Å². The van der Waals surface area contributed by atoms with Crippen LogP contribution in [0, 0.1) is 0 Å². The lowest BCUT2D eigenvalue weighted by Crippen LogP contribution is -2.19. The number of carbonyl (C=O) groups excluding carboxylic acids is 1. The second-order valence-corrected chi connectivity index (χ2v) is 5.44. The van der Waals surface area contributed by atoms with Crippen LogP contribution in [0.4, 0.5) is 5.69 Å². The molecule has 23 heavy (non-hydrogen) atoms. The first-order chi connectivity index (χ1) is 11.1. The Bertz CT molecular complexity index is 792. The summed E-state index contributed by atoms with van der Waals surface area (Å²) in [5.41, 5.74) is 1.50. The summed E-state index contributed by atoms with van der Waals surface area (Å²) < 4.78 is 6.64. The molecule has 0 bridgehead atoms. The molecule has 2 heterocycles. The van der Waals surface area contributed by atoms with Crippen molar-refractivity contribution < 1.29 is 9.32 Å². The van der Waals surface area contributed by atoms with Crippen molar-refractivity contribution >= 4 is 11.6 Å². The second-order valence-electron chi connectivity index (χ2n) is 5.44. The largest absolute Gasteiger partial charge is 0.359 e. The standard InChI is InChI=1S/C16H17N5O2/c1-11(2)15-13(8-18-23-15)19-14(22)9-21-10-17-16(20-21)12-6-4-3-5-7-12/h3-8,10-11H,9H2,1-2H3,(H,19,22). The first-order valence-electron chi connectivity index (χ1n) is 7.33. The number of aromatic nitrogens is 4. The molecule has 0 saturated heterocycles. The minimum absolute atomic E-state index is 0.0720. The Hall–Kier alpha value is -2.96. The molecule has 1 aromatic carbocycles. The summed E-state index contributed by atoms with van der Waals surface area (Å²) in [5, 5.41) is 10.8. The molecule has 0 radical (unpaired) electrons. The van der Waals surface area contributed by atoms with Crippen molar-refractivity contribution in [2.45, 2.75) is 26.3 Å². The molecule has 0 spiro atoms. The highest BCUT2D eigenvalue weighted by Crippen LogP contribution is 2.23. The van der Waals surface area contributed by atoms with Crippen molar-refractivity contribution in [1.82, 2.24) is 19.9 Å². The number of nitrogens with zero attached hydrogens (tertiary/aromatic N) is 4. The highest BCUT2D eigenvalue weighted by molar-refractivity contribution is 5.90. The third-order valence-electron chi connectivity index (χ3n) is 3.27. The molecule has 0 fully saturated rings. The van der Waals surface area contributed by atoms with E-state index in [9.17, 15) is 4.79 Å². The molecule has 0 saturated carbocycles. The van der Waals surface area contributed by atoms with Gasteiger partial charge in [0.2, 0.25) is 5.91 Å². The maximum Gasteiger partial charge on any atom is 0.246 e. The number of nitrogens with one attached hydrogen (secondary N) is 1. The van der Waals surface area contributed by atoms with Gasteiger partial charge in [0.15, 0.2) is 11.6 Å². The predicted octanol–water partition coefficient (Wildman–Crippen LogP) is 2.70. The van der Waals surface area contributed by atoms with Crippen LogP contribution in [0.3, 0.4) is 0 Å². The van der Waals surface area contributed by atoms with Gasteiger partial charge in [-0.3, -0.25) is 4.79 Å². The van der Waals surface area contributed by atoms with E-state index in [-0.39, 0.29) is 18.4 Å². The van der Waals surface area contributed by atoms with Crippen LogP contribution in [-0.2, 0) is 11.3 Å². The van der Waals surface area contributed by atoms with Gasteiger partial charge in [0.1, 0.15) is 18.6 Å². The normalized spacial score (nSPS) is 10.9. The maximum absolute atomic E-state index is 12.1. The lowest BCUT2D eigenvalue weighted by Gasteiger charge is -2.06. The van der Waals surface area contributed by atoms with Crippen LogP contribution in [-0.4, -0.2) is 25.8 Å². The summed E-state index contributed by atoms with van der Waals surface area (Å²) in [6, 6.07) is 9.61. The topological polar surface area (TPSA) is 85.8 Å². The van der Waals surface area contributed by atoms with Gasteiger partial charge < -0.3 is 9.84 Å². The van der Waals surface area contributed by atoms with Crippen LogP contribution in [0.25, 0.3) is 11.4 Å². The van der Waals surface area contributed by atoms with Crippen LogP contribution in [0.5, 0.6) is 0 Å². The van der Waals surface area contributed by atoms with Crippen LogP contribution >= 0.6 is 0 Å². The molecular formula is C16H17N5O2. The van der Waals surface area contributed by atoms with Gasteiger partial charge in [-0.25, -0.2) is 9.67 Å². The van der Waals surface area contributed by atoms with Crippen molar-refractivity contribution in [2.24, 2.45) is 0 Å². The maximum atomic E-state index is 12.1. The highest BCUT2D eigenvalue weighted by Gasteiger charge is 2.15. The number of anilines is 1. The van der Waals surface area contributed by atoms with Crippen LogP contribution in [0.2, 0.25) is 0 Å². The van der Waals surface area contributed by atoms with E-state index < -0.39 is 0 Å². The zero-order valence-corrected chi connectivity index (χ0v) is 12.9. The molecule has 7 heteroatoms. The van der Waals surface area contributed by atoms with Crippen LogP contribution < -0.4 is 5.32 Å². The Morgan fingerprint density at radius 3 is 2.83 bits per heavy atom. The van der Waals surface area contributed by atoms with Crippen molar-refractivity contribution in [1.29, 1.82) is 0 Å². The molecule has 0 aliphatic carbocycles. The molecule has 118 valence electrons. The summed E-state index contributed by atoms with van der Waals surface area (Å²) in [6.45, 7) is 4.02. The zero-order chi connectivity index (χ0) is 16.2. The van der Waals surface area contributed by atoms with Gasteiger partial charge in [0, 0.05) is 11.5 Å². The molecule has 1 amide bonds. The SMILES string of the molecule is CC(C)c1oncc1NC(=O)Cn1cnc(-c2ccccc2)n1. The Morgan fingerprint density at radius 1 is 1.30 bits per heavy atom. The van der Waals surface area contributed by atoms with Crippen molar-refractivity contribution in [3.8, 4) is 11.4 Å². The average Bonchev–Trinajstić information content (AvgIpc) is 3.17. The van der Waals surface area contributed by atoms with Crippen molar-refractivity contribution in [3.05, 3.63) is 48.6 Å². The Labute approximate surface area is 133 Å². The molecule has 7 nitrogen and oxygen atoms in total. The summed E-state index contributed by atoms with van der Waals surface area (Å²) in [4.78, 5) is 16.4.